The SMILES string of the molecule is CCc1cnc(CCNC(=NC)NCC(C)Oc2ccccc2C)s1. The third kappa shape index (κ3) is 6.38. The number of hydrogen-bond donors (Lipinski definition) is 2. The fourth-order valence-electron chi connectivity index (χ4n) is 2.32. The van der Waals surface area contributed by atoms with E-state index in [0.29, 0.717) is 6.54 Å². The molecule has 0 radical (unpaired) electrons. The summed E-state index contributed by atoms with van der Waals surface area (Å²) in [6, 6.07) is 8.06. The van der Waals surface area contributed by atoms with Gasteiger partial charge in [-0.2, -0.15) is 0 Å². The number of nitrogens with zero attached hydrogens (tertiary/aromatic N) is 2. The van der Waals surface area contributed by atoms with Gasteiger partial charge in [0.2, 0.25) is 0 Å². The Morgan fingerprint density at radius 1 is 1.32 bits per heavy atom. The van der Waals surface area contributed by atoms with E-state index in [9.17, 15) is 0 Å². The van der Waals surface area contributed by atoms with Crippen LogP contribution in [0.25, 0.3) is 0 Å². The van der Waals surface area contributed by atoms with E-state index >= 15 is 0 Å². The number of para-hydroxylation sites is 1. The van der Waals surface area contributed by atoms with E-state index < -0.39 is 0 Å². The molecule has 25 heavy (non-hydrogen) atoms. The number of hydrogen-bond acceptors (Lipinski definition) is 4. The zero-order valence-electron chi connectivity index (χ0n) is 15.5. The van der Waals surface area contributed by atoms with Gasteiger partial charge in [-0.3, -0.25) is 4.99 Å². The molecule has 0 fully saturated rings. The molecule has 0 spiro atoms. The molecule has 136 valence electrons. The zero-order chi connectivity index (χ0) is 18.1. The Balaban J connectivity index is 1.71. The fourth-order valence-corrected chi connectivity index (χ4v) is 3.18. The van der Waals surface area contributed by atoms with Crippen molar-refractivity contribution in [3.8, 4) is 5.75 Å². The first-order valence-corrected chi connectivity index (χ1v) is 9.54. The van der Waals surface area contributed by atoms with Gasteiger partial charge in [0.15, 0.2) is 5.96 Å². The molecular formula is C19H28N4OS. The van der Waals surface area contributed by atoms with Crippen LogP contribution in [0.3, 0.4) is 0 Å². The summed E-state index contributed by atoms with van der Waals surface area (Å²) in [5.74, 6) is 1.71. The smallest absolute Gasteiger partial charge is 0.191 e. The minimum Gasteiger partial charge on any atom is -0.489 e. The van der Waals surface area contributed by atoms with Crippen LogP contribution >= 0.6 is 11.3 Å². The van der Waals surface area contributed by atoms with Crippen molar-refractivity contribution in [2.75, 3.05) is 20.1 Å². The van der Waals surface area contributed by atoms with E-state index in [1.165, 1.54) is 4.88 Å². The zero-order valence-corrected chi connectivity index (χ0v) is 16.3. The molecule has 0 bridgehead atoms. The molecule has 0 saturated heterocycles. The van der Waals surface area contributed by atoms with Crippen LogP contribution in [0.15, 0.2) is 35.5 Å². The number of guanidine groups is 1. The van der Waals surface area contributed by atoms with Crippen LogP contribution in [-0.2, 0) is 12.8 Å². The Morgan fingerprint density at radius 2 is 2.12 bits per heavy atom. The lowest BCUT2D eigenvalue weighted by Crippen LogP contribution is -2.42. The summed E-state index contributed by atoms with van der Waals surface area (Å²) in [4.78, 5) is 10.0. The van der Waals surface area contributed by atoms with Gasteiger partial charge in [0.25, 0.3) is 0 Å². The summed E-state index contributed by atoms with van der Waals surface area (Å²) in [7, 11) is 1.78. The first kappa shape index (κ1) is 19.2. The second-order valence-electron chi connectivity index (χ2n) is 5.90. The van der Waals surface area contributed by atoms with Crippen LogP contribution in [0.2, 0.25) is 0 Å². The van der Waals surface area contributed by atoms with Crippen LogP contribution in [0.4, 0.5) is 0 Å². The maximum absolute atomic E-state index is 5.98. The number of rotatable bonds is 8. The molecule has 2 N–H and O–H groups in total. The molecule has 0 aliphatic carbocycles. The van der Waals surface area contributed by atoms with Crippen molar-refractivity contribution in [3.63, 3.8) is 0 Å². The summed E-state index contributed by atoms with van der Waals surface area (Å²) in [6.45, 7) is 7.75. The van der Waals surface area contributed by atoms with E-state index in [-0.39, 0.29) is 6.10 Å². The van der Waals surface area contributed by atoms with E-state index in [4.69, 9.17) is 4.74 Å². The van der Waals surface area contributed by atoms with Gasteiger partial charge in [-0.25, -0.2) is 4.98 Å². The van der Waals surface area contributed by atoms with E-state index in [2.05, 4.69) is 47.4 Å². The van der Waals surface area contributed by atoms with Crippen molar-refractivity contribution < 1.29 is 4.74 Å². The number of benzene rings is 1. The number of nitrogens with one attached hydrogen (secondary N) is 2. The van der Waals surface area contributed by atoms with Crippen LogP contribution in [0, 0.1) is 6.92 Å². The van der Waals surface area contributed by atoms with Crippen LogP contribution in [-0.4, -0.2) is 37.2 Å². The standard InChI is InChI=1S/C19H28N4OS/c1-5-16-13-22-18(25-16)10-11-21-19(20-4)23-12-15(3)24-17-9-7-6-8-14(17)2/h6-9,13,15H,5,10-12H2,1-4H3,(H2,20,21,23). The molecule has 1 unspecified atom stereocenters. The predicted octanol–water partition coefficient (Wildman–Crippen LogP) is 3.19. The Hall–Kier alpha value is -2.08. The van der Waals surface area contributed by atoms with Crippen LogP contribution in [0.5, 0.6) is 5.75 Å². The molecule has 0 saturated carbocycles. The molecule has 1 aromatic carbocycles. The first-order chi connectivity index (χ1) is 12.1. The number of aliphatic imine (C=N–C) groups is 1. The number of aryl methyl sites for hydroxylation is 2. The molecule has 0 amide bonds. The molecule has 6 heteroatoms. The maximum Gasteiger partial charge on any atom is 0.191 e. The average Bonchev–Trinajstić information content (AvgIpc) is 3.08. The summed E-state index contributed by atoms with van der Waals surface area (Å²) in [6.07, 6.45) is 3.97. The topological polar surface area (TPSA) is 58.5 Å². The summed E-state index contributed by atoms with van der Waals surface area (Å²) >= 11 is 1.78. The lowest BCUT2D eigenvalue weighted by molar-refractivity contribution is 0.222. The summed E-state index contributed by atoms with van der Waals surface area (Å²) < 4.78 is 5.98. The molecule has 2 rings (SSSR count). The van der Waals surface area contributed by atoms with Gasteiger partial charge in [0, 0.05) is 31.1 Å². The second kappa shape index (κ2) is 10.0. The van der Waals surface area contributed by atoms with Gasteiger partial charge in [0.05, 0.1) is 11.6 Å². The molecule has 5 nitrogen and oxygen atoms in total. The lowest BCUT2D eigenvalue weighted by atomic mass is 10.2. The third-order valence-electron chi connectivity index (χ3n) is 3.78. The normalized spacial score (nSPS) is 12.7. The lowest BCUT2D eigenvalue weighted by Gasteiger charge is -2.18. The van der Waals surface area contributed by atoms with Crippen LogP contribution < -0.4 is 15.4 Å². The number of ether oxygens (including phenoxy) is 1. The molecule has 1 atom stereocenters. The Kier molecular flexibility index (Phi) is 7.73. The van der Waals surface area contributed by atoms with Gasteiger partial charge in [-0.15, -0.1) is 11.3 Å². The molecular weight excluding hydrogens is 332 g/mol. The van der Waals surface area contributed by atoms with Crippen LogP contribution in [0.1, 0.15) is 29.3 Å². The van der Waals surface area contributed by atoms with Crippen molar-refractivity contribution in [3.05, 3.63) is 45.9 Å². The van der Waals surface area contributed by atoms with Gasteiger partial charge >= 0.3 is 0 Å². The first-order valence-electron chi connectivity index (χ1n) is 8.72. The molecule has 0 aliphatic heterocycles. The number of aromatic nitrogens is 1. The maximum atomic E-state index is 5.98. The Labute approximate surface area is 154 Å². The van der Waals surface area contributed by atoms with E-state index in [1.807, 2.05) is 24.4 Å². The van der Waals surface area contributed by atoms with E-state index in [1.54, 1.807) is 18.4 Å². The summed E-state index contributed by atoms with van der Waals surface area (Å²) in [5.41, 5.74) is 1.15. The summed E-state index contributed by atoms with van der Waals surface area (Å²) in [5, 5.41) is 7.80. The highest BCUT2D eigenvalue weighted by molar-refractivity contribution is 7.11. The minimum absolute atomic E-state index is 0.0470. The van der Waals surface area contributed by atoms with Crippen molar-refractivity contribution >= 4 is 17.3 Å². The molecule has 1 aromatic heterocycles. The van der Waals surface area contributed by atoms with Gasteiger partial charge in [0.1, 0.15) is 11.9 Å². The predicted molar refractivity (Wildman–Crippen MR) is 106 cm³/mol. The van der Waals surface area contributed by atoms with Gasteiger partial charge in [-0.05, 0) is 31.9 Å². The van der Waals surface area contributed by atoms with Crippen molar-refractivity contribution in [2.24, 2.45) is 4.99 Å². The van der Waals surface area contributed by atoms with E-state index in [0.717, 1.165) is 41.7 Å². The Morgan fingerprint density at radius 3 is 2.80 bits per heavy atom. The third-order valence-corrected chi connectivity index (χ3v) is 4.98. The highest BCUT2D eigenvalue weighted by atomic mass is 32.1. The highest BCUT2D eigenvalue weighted by Gasteiger charge is 2.07. The molecule has 0 aliphatic rings. The highest BCUT2D eigenvalue weighted by Crippen LogP contribution is 2.17. The molecule has 2 aromatic rings. The minimum atomic E-state index is 0.0470. The monoisotopic (exact) mass is 360 g/mol. The van der Waals surface area contributed by atoms with Gasteiger partial charge in [-0.1, -0.05) is 25.1 Å². The van der Waals surface area contributed by atoms with Crippen molar-refractivity contribution in [1.29, 1.82) is 0 Å². The molecule has 1 heterocycles. The van der Waals surface area contributed by atoms with Gasteiger partial charge < -0.3 is 15.4 Å². The quantitative estimate of drug-likeness (QED) is 0.561. The van der Waals surface area contributed by atoms with Crippen molar-refractivity contribution in [2.45, 2.75) is 39.7 Å². The number of thiazole rings is 1. The average molecular weight is 361 g/mol. The fraction of sp³-hybridized carbons (Fsp3) is 0.474. The largest absolute Gasteiger partial charge is 0.489 e. The second-order valence-corrected chi connectivity index (χ2v) is 7.10. The Bertz CT molecular complexity index is 684. The van der Waals surface area contributed by atoms with Crippen molar-refractivity contribution in [1.82, 2.24) is 15.6 Å².